The van der Waals surface area contributed by atoms with Gasteiger partial charge in [0.15, 0.2) is 0 Å². The van der Waals surface area contributed by atoms with Gasteiger partial charge in [-0.15, -0.1) is 0 Å². The molecule has 1 unspecified atom stereocenters. The van der Waals surface area contributed by atoms with Crippen molar-refractivity contribution in [2.24, 2.45) is 0 Å². The van der Waals surface area contributed by atoms with Crippen LogP contribution in [0.3, 0.4) is 0 Å². The third-order valence-electron chi connectivity index (χ3n) is 6.54. The molecule has 1 heterocycles. The molecule has 0 radical (unpaired) electrons. The van der Waals surface area contributed by atoms with E-state index in [9.17, 15) is 9.59 Å². The molecule has 0 aromatic heterocycles. The molecule has 0 spiro atoms. The molecule has 0 aliphatic carbocycles. The summed E-state index contributed by atoms with van der Waals surface area (Å²) in [6.07, 6.45) is 0. The first-order valence-corrected chi connectivity index (χ1v) is 12.7. The number of hydrogen-bond acceptors (Lipinski definition) is 4. The number of rotatable bonds is 11. The molecular weight excluding hydrogens is 492 g/mol. The lowest BCUT2D eigenvalue weighted by atomic mass is 9.86. The quantitative estimate of drug-likeness (QED) is 0.418. The number of hydrogen-bond donors (Lipinski definition) is 0. The highest BCUT2D eigenvalue weighted by Gasteiger charge is 2.56. The third kappa shape index (κ3) is 5.19. The predicted octanol–water partition coefficient (Wildman–Crippen LogP) is 4.95. The Morgan fingerprint density at radius 1 is 1.06 bits per heavy atom. The molecule has 190 valence electrons. The Kier molecular flexibility index (Phi) is 9.16. The third-order valence-corrected chi connectivity index (χ3v) is 7.06. The molecule has 1 atom stereocenters. The fourth-order valence-corrected chi connectivity index (χ4v) is 5.19. The van der Waals surface area contributed by atoms with Crippen molar-refractivity contribution in [3.63, 3.8) is 0 Å². The van der Waals surface area contributed by atoms with Crippen LogP contribution in [0.15, 0.2) is 36.4 Å². The highest BCUT2D eigenvalue weighted by atomic mass is 35.5. The van der Waals surface area contributed by atoms with Crippen LogP contribution < -0.4 is 4.90 Å². The van der Waals surface area contributed by atoms with Crippen LogP contribution in [0.4, 0.5) is 10.1 Å². The molecule has 6 nitrogen and oxygen atoms in total. The number of amides is 2. The second-order valence-corrected chi connectivity index (χ2v) is 9.12. The van der Waals surface area contributed by atoms with Gasteiger partial charge < -0.3 is 19.4 Å². The maximum Gasteiger partial charge on any atom is 0.268 e. The monoisotopic (exact) mass is 523 g/mol. The Hall–Kier alpha value is -2.19. The summed E-state index contributed by atoms with van der Waals surface area (Å²) < 4.78 is 21.5. The van der Waals surface area contributed by atoms with E-state index in [1.165, 1.54) is 24.3 Å². The summed E-state index contributed by atoms with van der Waals surface area (Å²) in [5.74, 6) is -1.42. The van der Waals surface area contributed by atoms with Crippen LogP contribution >= 0.6 is 23.2 Å². The lowest BCUT2D eigenvalue weighted by Gasteiger charge is -2.31. The molecule has 0 bridgehead atoms. The molecule has 1 aliphatic heterocycles. The van der Waals surface area contributed by atoms with Gasteiger partial charge in [-0.3, -0.25) is 9.59 Å². The first-order valence-electron chi connectivity index (χ1n) is 12.0. The van der Waals surface area contributed by atoms with Crippen molar-refractivity contribution in [1.82, 2.24) is 9.80 Å². The van der Waals surface area contributed by atoms with Crippen LogP contribution in [0.1, 0.15) is 38.8 Å². The number of likely N-dealkylation sites (N-methyl/N-ethyl adjacent to an activating group) is 2. The van der Waals surface area contributed by atoms with Crippen molar-refractivity contribution >= 4 is 40.7 Å². The van der Waals surface area contributed by atoms with E-state index >= 15 is 4.39 Å². The first kappa shape index (κ1) is 27.4. The van der Waals surface area contributed by atoms with Crippen molar-refractivity contribution < 1.29 is 18.7 Å². The Labute approximate surface area is 216 Å². The predicted molar refractivity (Wildman–Crippen MR) is 138 cm³/mol. The summed E-state index contributed by atoms with van der Waals surface area (Å²) in [6.45, 7) is 10.9. The number of carbonyl (C=O) groups is 2. The average Bonchev–Trinajstić information content (AvgIpc) is 3.07. The fraction of sp³-hybridized carbons (Fsp3) is 0.462. The number of benzene rings is 2. The normalized spacial score (nSPS) is 17.3. The van der Waals surface area contributed by atoms with Gasteiger partial charge in [0.2, 0.25) is 11.5 Å². The van der Waals surface area contributed by atoms with Crippen molar-refractivity contribution in [2.45, 2.75) is 33.3 Å². The second-order valence-electron chi connectivity index (χ2n) is 8.28. The Balaban J connectivity index is 2.18. The summed E-state index contributed by atoms with van der Waals surface area (Å²) in [5, 5.41) is 0.516. The largest absolute Gasteiger partial charge is 0.346 e. The number of fused-ring (bicyclic) bond motifs is 1. The van der Waals surface area contributed by atoms with Crippen molar-refractivity contribution in [1.29, 1.82) is 0 Å². The topological polar surface area (TPSA) is 53.1 Å². The average molecular weight is 524 g/mol. The van der Waals surface area contributed by atoms with Crippen molar-refractivity contribution in [3.05, 3.63) is 63.4 Å². The summed E-state index contributed by atoms with van der Waals surface area (Å²) in [7, 11) is 0. The molecule has 0 saturated heterocycles. The van der Waals surface area contributed by atoms with E-state index in [2.05, 4.69) is 4.90 Å². The zero-order valence-electron chi connectivity index (χ0n) is 20.6. The van der Waals surface area contributed by atoms with Gasteiger partial charge in [-0.05, 0) is 45.1 Å². The molecule has 1 aliphatic rings. The molecule has 2 aromatic rings. The van der Waals surface area contributed by atoms with Crippen LogP contribution in [0, 0.1) is 5.82 Å². The molecule has 0 fully saturated rings. The van der Waals surface area contributed by atoms with E-state index in [0.717, 1.165) is 13.1 Å². The molecule has 9 heteroatoms. The minimum absolute atomic E-state index is 0.00755. The molecule has 2 aromatic carbocycles. The van der Waals surface area contributed by atoms with Gasteiger partial charge in [0.1, 0.15) is 12.4 Å². The van der Waals surface area contributed by atoms with Crippen molar-refractivity contribution in [2.75, 3.05) is 50.8 Å². The number of anilines is 1. The molecular formula is C26H32Cl2FN3O3. The first-order chi connectivity index (χ1) is 16.7. The summed E-state index contributed by atoms with van der Waals surface area (Å²) in [5.41, 5.74) is -1.16. The van der Waals surface area contributed by atoms with E-state index in [-0.39, 0.29) is 16.5 Å². The van der Waals surface area contributed by atoms with E-state index in [4.69, 9.17) is 27.9 Å². The highest BCUT2D eigenvalue weighted by molar-refractivity contribution is 6.37. The van der Waals surface area contributed by atoms with Gasteiger partial charge in [-0.25, -0.2) is 4.39 Å². The van der Waals surface area contributed by atoms with Crippen LogP contribution in [0.5, 0.6) is 0 Å². The zero-order valence-corrected chi connectivity index (χ0v) is 22.1. The number of ether oxygens (including phenoxy) is 1. The second kappa shape index (κ2) is 11.7. The van der Waals surface area contributed by atoms with Crippen molar-refractivity contribution in [3.8, 4) is 0 Å². The number of halogens is 3. The van der Waals surface area contributed by atoms with E-state index < -0.39 is 23.9 Å². The molecule has 35 heavy (non-hydrogen) atoms. The van der Waals surface area contributed by atoms with Gasteiger partial charge in [0.05, 0.1) is 10.7 Å². The smallest absolute Gasteiger partial charge is 0.268 e. The molecule has 0 N–H and O–H groups in total. The van der Waals surface area contributed by atoms with E-state index in [1.807, 2.05) is 27.7 Å². The Bertz CT molecular complexity index is 1080. The molecule has 2 amide bonds. The van der Waals surface area contributed by atoms with Gasteiger partial charge in [-0.1, -0.05) is 55.2 Å². The minimum Gasteiger partial charge on any atom is -0.346 e. The van der Waals surface area contributed by atoms with Crippen LogP contribution in [0.25, 0.3) is 0 Å². The zero-order chi connectivity index (χ0) is 25.8. The van der Waals surface area contributed by atoms with Crippen LogP contribution in [-0.4, -0.2) is 67.5 Å². The maximum atomic E-state index is 15.3. The van der Waals surface area contributed by atoms with Crippen LogP contribution in [-0.2, 0) is 19.9 Å². The highest BCUT2D eigenvalue weighted by Crippen LogP contribution is 2.51. The summed E-state index contributed by atoms with van der Waals surface area (Å²) >= 11 is 13.0. The summed E-state index contributed by atoms with van der Waals surface area (Å²) in [6, 6.07) is 9.08. The van der Waals surface area contributed by atoms with Gasteiger partial charge in [0.25, 0.3) is 5.91 Å². The summed E-state index contributed by atoms with van der Waals surface area (Å²) in [4.78, 5) is 32.4. The Morgan fingerprint density at radius 2 is 1.71 bits per heavy atom. The minimum atomic E-state index is -1.92. The van der Waals surface area contributed by atoms with E-state index in [1.54, 1.807) is 21.9 Å². The standard InChI is InChI=1S/C26H32Cl2FN3O3/c1-5-30(6-2)13-14-32-22-16-18(27)15-20(28)24(22)26(25(32)34,19-11-9-10-12-21(19)29)35-17-23(33)31(7-3)8-4/h9-12,15-16H,5-8,13-14,17H2,1-4H3. The number of carbonyl (C=O) groups excluding carboxylic acids is 2. The molecule has 0 saturated carbocycles. The van der Waals surface area contributed by atoms with Crippen LogP contribution in [0.2, 0.25) is 10.0 Å². The molecule has 3 rings (SSSR count). The lowest BCUT2D eigenvalue weighted by molar-refractivity contribution is -0.149. The fourth-order valence-electron chi connectivity index (χ4n) is 4.58. The number of nitrogens with zero attached hydrogens (tertiary/aromatic N) is 3. The SMILES string of the molecule is CCN(CC)CCN1C(=O)C(OCC(=O)N(CC)CC)(c2ccccc2F)c2c(Cl)cc(Cl)cc21. The Morgan fingerprint density at radius 3 is 2.31 bits per heavy atom. The van der Waals surface area contributed by atoms with Gasteiger partial charge in [-0.2, -0.15) is 0 Å². The van der Waals surface area contributed by atoms with Gasteiger partial charge >= 0.3 is 0 Å². The maximum absolute atomic E-state index is 15.3. The van der Waals surface area contributed by atoms with E-state index in [0.29, 0.717) is 42.5 Å². The van der Waals surface area contributed by atoms with Gasteiger partial charge in [0, 0.05) is 42.3 Å². The lowest BCUT2D eigenvalue weighted by Crippen LogP contribution is -2.47.